The lowest BCUT2D eigenvalue weighted by molar-refractivity contribution is -0.140. The molecule has 0 saturated heterocycles. The number of ether oxygens (including phenoxy) is 1. The molecule has 5 nitrogen and oxygen atoms in total. The van der Waals surface area contributed by atoms with Crippen LogP contribution in [0.15, 0.2) is 0 Å². The summed E-state index contributed by atoms with van der Waals surface area (Å²) in [4.78, 5) is 21.0. The Kier molecular flexibility index (Phi) is 8.64. The topological polar surface area (TPSA) is 75.6 Å². The van der Waals surface area contributed by atoms with E-state index in [1.165, 1.54) is 28.5 Å². The summed E-state index contributed by atoms with van der Waals surface area (Å²) in [5.41, 5.74) is 0. The minimum atomic E-state index is -0.856. The van der Waals surface area contributed by atoms with Crippen LogP contribution in [-0.2, 0) is 14.3 Å². The van der Waals surface area contributed by atoms with Crippen molar-refractivity contribution in [2.45, 2.75) is 13.0 Å². The molecule has 7 heteroatoms. The molecular formula is C8H15NO4S2. The standard InChI is InChI=1S/C8H15NO4S2/c1-6(10)13-3-4-14-15-5-7(9-2)8(11)12/h7,9H,3-5H2,1-2H3,(H,11,12)/t7-/m1/s1. The highest BCUT2D eigenvalue weighted by molar-refractivity contribution is 8.76. The van der Waals surface area contributed by atoms with Crippen molar-refractivity contribution < 1.29 is 19.4 Å². The van der Waals surface area contributed by atoms with Gasteiger partial charge in [0, 0.05) is 18.4 Å². The molecule has 1 atom stereocenters. The molecule has 0 fully saturated rings. The normalized spacial score (nSPS) is 12.1. The molecular weight excluding hydrogens is 238 g/mol. The van der Waals surface area contributed by atoms with E-state index in [2.05, 4.69) is 5.32 Å². The molecule has 0 aliphatic heterocycles. The van der Waals surface area contributed by atoms with Gasteiger partial charge in [0.1, 0.15) is 12.6 Å². The molecule has 0 spiro atoms. The first kappa shape index (κ1) is 14.6. The fourth-order valence-corrected chi connectivity index (χ4v) is 2.74. The van der Waals surface area contributed by atoms with Gasteiger partial charge in [0.25, 0.3) is 0 Å². The number of carbonyl (C=O) groups excluding carboxylic acids is 1. The summed E-state index contributed by atoms with van der Waals surface area (Å²) in [7, 11) is 4.55. The minimum absolute atomic E-state index is 0.292. The predicted molar refractivity (Wildman–Crippen MR) is 62.0 cm³/mol. The van der Waals surface area contributed by atoms with Gasteiger partial charge in [-0.25, -0.2) is 0 Å². The highest BCUT2D eigenvalue weighted by Crippen LogP contribution is 2.21. The summed E-state index contributed by atoms with van der Waals surface area (Å²) in [5.74, 6) is 0.00136. The molecule has 0 heterocycles. The van der Waals surface area contributed by atoms with Crippen molar-refractivity contribution in [2.75, 3.05) is 25.2 Å². The van der Waals surface area contributed by atoms with Crippen molar-refractivity contribution in [3.05, 3.63) is 0 Å². The third-order valence-electron chi connectivity index (χ3n) is 1.44. The summed E-state index contributed by atoms with van der Waals surface area (Å²) >= 11 is 0. The van der Waals surface area contributed by atoms with Gasteiger partial charge < -0.3 is 15.2 Å². The number of esters is 1. The number of rotatable bonds is 8. The Bertz CT molecular complexity index is 213. The fourth-order valence-electron chi connectivity index (χ4n) is 0.673. The molecule has 0 aromatic heterocycles. The number of aliphatic carboxylic acids is 1. The third kappa shape index (κ3) is 8.59. The Morgan fingerprint density at radius 2 is 2.13 bits per heavy atom. The van der Waals surface area contributed by atoms with Gasteiger partial charge in [-0.3, -0.25) is 9.59 Å². The van der Waals surface area contributed by atoms with Gasteiger partial charge in [-0.1, -0.05) is 21.6 Å². The Hall–Kier alpha value is -0.400. The second-order valence-corrected chi connectivity index (χ2v) is 5.25. The van der Waals surface area contributed by atoms with Gasteiger partial charge in [-0.05, 0) is 7.05 Å². The maximum absolute atomic E-state index is 10.6. The van der Waals surface area contributed by atoms with E-state index in [9.17, 15) is 9.59 Å². The smallest absolute Gasteiger partial charge is 0.321 e. The number of nitrogens with one attached hydrogen (secondary N) is 1. The summed E-state index contributed by atoms with van der Waals surface area (Å²) in [6, 6.07) is -0.531. The zero-order valence-electron chi connectivity index (χ0n) is 8.69. The van der Waals surface area contributed by atoms with Crippen LogP contribution in [0.1, 0.15) is 6.92 Å². The zero-order chi connectivity index (χ0) is 11.7. The monoisotopic (exact) mass is 253 g/mol. The van der Waals surface area contributed by atoms with Gasteiger partial charge in [0.05, 0.1) is 0 Å². The number of hydrogen-bond acceptors (Lipinski definition) is 6. The summed E-state index contributed by atoms with van der Waals surface area (Å²) < 4.78 is 4.72. The number of carboxylic acid groups (broad SMARTS) is 1. The zero-order valence-corrected chi connectivity index (χ0v) is 10.3. The molecule has 0 bridgehead atoms. The SMILES string of the molecule is CN[C@H](CSSCCOC(C)=O)C(=O)O. The molecule has 0 saturated carbocycles. The molecule has 0 rings (SSSR count). The molecule has 0 unspecified atom stereocenters. The Balaban J connectivity index is 3.37. The highest BCUT2D eigenvalue weighted by atomic mass is 33.1. The lowest BCUT2D eigenvalue weighted by Crippen LogP contribution is -2.35. The molecule has 15 heavy (non-hydrogen) atoms. The van der Waals surface area contributed by atoms with E-state index < -0.39 is 12.0 Å². The second kappa shape index (κ2) is 8.87. The van der Waals surface area contributed by atoms with Crippen LogP contribution in [0, 0.1) is 0 Å². The van der Waals surface area contributed by atoms with Crippen LogP contribution < -0.4 is 5.32 Å². The number of carboxylic acids is 1. The van der Waals surface area contributed by atoms with Gasteiger partial charge >= 0.3 is 11.9 Å². The summed E-state index contributed by atoms with van der Waals surface area (Å²) in [5, 5.41) is 11.4. The molecule has 0 aliphatic carbocycles. The van der Waals surface area contributed by atoms with E-state index in [1.807, 2.05) is 0 Å². The van der Waals surface area contributed by atoms with E-state index in [-0.39, 0.29) is 5.97 Å². The van der Waals surface area contributed by atoms with Crippen molar-refractivity contribution in [1.82, 2.24) is 5.32 Å². The number of hydrogen-bond donors (Lipinski definition) is 2. The first-order valence-corrected chi connectivity index (χ1v) is 6.84. The van der Waals surface area contributed by atoms with Crippen LogP contribution in [0.4, 0.5) is 0 Å². The van der Waals surface area contributed by atoms with Crippen molar-refractivity contribution in [3.63, 3.8) is 0 Å². The molecule has 2 N–H and O–H groups in total. The van der Waals surface area contributed by atoms with Crippen LogP contribution in [-0.4, -0.2) is 48.2 Å². The minimum Gasteiger partial charge on any atom is -0.480 e. The lowest BCUT2D eigenvalue weighted by atomic mass is 10.3. The molecule has 0 aliphatic rings. The first-order valence-electron chi connectivity index (χ1n) is 4.35. The van der Waals surface area contributed by atoms with Crippen molar-refractivity contribution >= 4 is 33.5 Å². The van der Waals surface area contributed by atoms with Gasteiger partial charge in [0.15, 0.2) is 0 Å². The van der Waals surface area contributed by atoms with Crippen LogP contribution in [0.25, 0.3) is 0 Å². The van der Waals surface area contributed by atoms with Crippen LogP contribution in [0.2, 0.25) is 0 Å². The van der Waals surface area contributed by atoms with Crippen molar-refractivity contribution in [3.8, 4) is 0 Å². The lowest BCUT2D eigenvalue weighted by Gasteiger charge is -2.09. The van der Waals surface area contributed by atoms with E-state index in [0.29, 0.717) is 18.1 Å². The van der Waals surface area contributed by atoms with E-state index in [0.717, 1.165) is 0 Å². The number of carbonyl (C=O) groups is 2. The maximum atomic E-state index is 10.6. The molecule has 0 aromatic carbocycles. The van der Waals surface area contributed by atoms with Gasteiger partial charge in [-0.2, -0.15) is 0 Å². The Morgan fingerprint density at radius 1 is 1.47 bits per heavy atom. The Morgan fingerprint density at radius 3 is 2.60 bits per heavy atom. The largest absolute Gasteiger partial charge is 0.480 e. The molecule has 0 radical (unpaired) electrons. The summed E-state index contributed by atoms with van der Waals surface area (Å²) in [6.07, 6.45) is 0. The summed E-state index contributed by atoms with van der Waals surface area (Å²) in [6.45, 7) is 1.73. The Labute approximate surface area is 96.7 Å². The third-order valence-corrected chi connectivity index (χ3v) is 3.81. The van der Waals surface area contributed by atoms with Crippen molar-refractivity contribution in [1.29, 1.82) is 0 Å². The predicted octanol–water partition coefficient (Wildman–Crippen LogP) is 0.603. The molecule has 88 valence electrons. The quantitative estimate of drug-likeness (QED) is 0.373. The first-order chi connectivity index (χ1) is 7.07. The maximum Gasteiger partial charge on any atom is 0.321 e. The molecule has 0 amide bonds. The molecule has 0 aromatic rings. The average Bonchev–Trinajstić information content (AvgIpc) is 2.15. The van der Waals surface area contributed by atoms with E-state index >= 15 is 0 Å². The van der Waals surface area contributed by atoms with Crippen LogP contribution in [0.5, 0.6) is 0 Å². The van der Waals surface area contributed by atoms with Crippen molar-refractivity contribution in [2.24, 2.45) is 0 Å². The second-order valence-electron chi connectivity index (χ2n) is 2.63. The number of likely N-dealkylation sites (N-methyl/N-ethyl adjacent to an activating group) is 1. The fraction of sp³-hybridized carbons (Fsp3) is 0.750. The van der Waals surface area contributed by atoms with Gasteiger partial charge in [0.2, 0.25) is 0 Å². The van der Waals surface area contributed by atoms with E-state index in [4.69, 9.17) is 9.84 Å². The average molecular weight is 253 g/mol. The van der Waals surface area contributed by atoms with Crippen LogP contribution in [0.3, 0.4) is 0 Å². The van der Waals surface area contributed by atoms with Gasteiger partial charge in [-0.15, -0.1) is 0 Å². The van der Waals surface area contributed by atoms with E-state index in [1.54, 1.807) is 7.05 Å². The highest BCUT2D eigenvalue weighted by Gasteiger charge is 2.14. The van der Waals surface area contributed by atoms with Crippen LogP contribution >= 0.6 is 21.6 Å².